The molecule has 2 atom stereocenters. The lowest BCUT2D eigenvalue weighted by Crippen LogP contribution is -2.43. The Kier molecular flexibility index (Phi) is 6.91. The highest BCUT2D eigenvalue weighted by atomic mass is 35.5. The molecular formula is C22H25Cl2N3O3. The second kappa shape index (κ2) is 9.25. The van der Waals surface area contributed by atoms with E-state index in [0.717, 1.165) is 23.4 Å². The Morgan fingerprint density at radius 1 is 1.17 bits per heavy atom. The van der Waals surface area contributed by atoms with Crippen LogP contribution in [-0.4, -0.2) is 44.0 Å². The van der Waals surface area contributed by atoms with Crippen LogP contribution < -0.4 is 10.2 Å². The number of amides is 1. The van der Waals surface area contributed by atoms with Crippen LogP contribution >= 0.6 is 23.2 Å². The summed E-state index contributed by atoms with van der Waals surface area (Å²) in [7, 11) is 5.34. The topological polar surface area (TPSA) is 61.9 Å². The van der Waals surface area contributed by atoms with Gasteiger partial charge in [0.1, 0.15) is 6.04 Å². The summed E-state index contributed by atoms with van der Waals surface area (Å²) in [6.07, 6.45) is 0.319. The number of rotatable bonds is 5. The molecule has 0 aromatic heterocycles. The molecule has 160 valence electrons. The van der Waals surface area contributed by atoms with E-state index in [1.165, 1.54) is 14.0 Å². The number of halogens is 2. The van der Waals surface area contributed by atoms with E-state index in [4.69, 9.17) is 27.9 Å². The van der Waals surface area contributed by atoms with Crippen molar-refractivity contribution in [1.29, 1.82) is 0 Å². The van der Waals surface area contributed by atoms with Crippen LogP contribution in [-0.2, 0) is 20.9 Å². The van der Waals surface area contributed by atoms with Crippen LogP contribution in [0.4, 0.5) is 11.4 Å². The Bertz CT molecular complexity index is 947. The van der Waals surface area contributed by atoms with Crippen LogP contribution in [0.5, 0.6) is 0 Å². The van der Waals surface area contributed by atoms with Crippen molar-refractivity contribution >= 4 is 46.5 Å². The monoisotopic (exact) mass is 449 g/mol. The zero-order chi connectivity index (χ0) is 22.0. The van der Waals surface area contributed by atoms with Crippen molar-refractivity contribution in [3.8, 4) is 0 Å². The van der Waals surface area contributed by atoms with Gasteiger partial charge in [-0.05, 0) is 43.9 Å². The Balaban J connectivity index is 2.07. The highest BCUT2D eigenvalue weighted by Crippen LogP contribution is 2.44. The molecule has 6 nitrogen and oxygen atoms in total. The molecule has 1 aliphatic heterocycles. The highest BCUT2D eigenvalue weighted by molar-refractivity contribution is 6.35. The maximum absolute atomic E-state index is 12.8. The van der Waals surface area contributed by atoms with Gasteiger partial charge in [0, 0.05) is 46.9 Å². The predicted molar refractivity (Wildman–Crippen MR) is 120 cm³/mol. The molecule has 0 unspecified atom stereocenters. The van der Waals surface area contributed by atoms with Gasteiger partial charge in [-0.2, -0.15) is 0 Å². The maximum atomic E-state index is 12.8. The van der Waals surface area contributed by atoms with Gasteiger partial charge < -0.3 is 19.9 Å². The summed E-state index contributed by atoms with van der Waals surface area (Å²) in [6.45, 7) is 2.30. The van der Waals surface area contributed by atoms with E-state index in [1.54, 1.807) is 17.0 Å². The molecule has 3 rings (SSSR count). The number of hydrogen-bond acceptors (Lipinski definition) is 5. The number of fused-ring (bicyclic) bond motifs is 1. The molecule has 0 aliphatic carbocycles. The number of methoxy groups -OCH3 is 1. The van der Waals surface area contributed by atoms with Crippen molar-refractivity contribution < 1.29 is 14.3 Å². The van der Waals surface area contributed by atoms with Crippen LogP contribution in [0.2, 0.25) is 10.0 Å². The maximum Gasteiger partial charge on any atom is 0.328 e. The van der Waals surface area contributed by atoms with E-state index in [2.05, 4.69) is 10.2 Å². The molecule has 0 bridgehead atoms. The summed E-state index contributed by atoms with van der Waals surface area (Å²) in [5.74, 6) is -0.561. The molecular weight excluding hydrogens is 425 g/mol. The second-order valence-electron chi connectivity index (χ2n) is 7.61. The summed E-state index contributed by atoms with van der Waals surface area (Å²) in [5.41, 5.74) is 3.22. The van der Waals surface area contributed by atoms with E-state index in [-0.39, 0.29) is 5.91 Å². The first-order chi connectivity index (χ1) is 14.2. The number of carbonyl (C=O) groups excluding carboxylic acids is 2. The fraction of sp³-hybridized carbons (Fsp3) is 0.364. The lowest BCUT2D eigenvalue weighted by atomic mass is 9.90. The van der Waals surface area contributed by atoms with Crippen molar-refractivity contribution in [1.82, 2.24) is 4.90 Å². The first-order valence-corrected chi connectivity index (χ1v) is 10.3. The van der Waals surface area contributed by atoms with Gasteiger partial charge in [0.25, 0.3) is 0 Å². The normalized spacial score (nSPS) is 17.8. The Morgan fingerprint density at radius 2 is 1.83 bits per heavy atom. The van der Waals surface area contributed by atoms with Gasteiger partial charge in [0.05, 0.1) is 13.2 Å². The van der Waals surface area contributed by atoms with E-state index < -0.39 is 18.1 Å². The van der Waals surface area contributed by atoms with Crippen LogP contribution in [0, 0.1) is 0 Å². The number of esters is 1. The van der Waals surface area contributed by atoms with Crippen LogP contribution in [0.1, 0.15) is 30.5 Å². The first kappa shape index (κ1) is 22.4. The second-order valence-corrected chi connectivity index (χ2v) is 8.46. The van der Waals surface area contributed by atoms with Gasteiger partial charge in [-0.15, -0.1) is 0 Å². The quantitative estimate of drug-likeness (QED) is 0.680. The van der Waals surface area contributed by atoms with Crippen molar-refractivity contribution in [2.45, 2.75) is 32.0 Å². The third-order valence-corrected chi connectivity index (χ3v) is 5.60. The number of hydrogen-bond donors (Lipinski definition) is 1. The van der Waals surface area contributed by atoms with Gasteiger partial charge in [-0.3, -0.25) is 4.79 Å². The molecule has 1 aliphatic rings. The number of nitrogens with zero attached hydrogens (tertiary/aromatic N) is 2. The van der Waals surface area contributed by atoms with Crippen molar-refractivity contribution in [2.24, 2.45) is 0 Å². The summed E-state index contributed by atoms with van der Waals surface area (Å²) in [5, 5.41) is 4.03. The van der Waals surface area contributed by atoms with E-state index >= 15 is 0 Å². The van der Waals surface area contributed by atoms with Gasteiger partial charge in [-0.1, -0.05) is 35.3 Å². The zero-order valence-corrected chi connectivity index (χ0v) is 18.9. The summed E-state index contributed by atoms with van der Waals surface area (Å²) < 4.78 is 4.94. The zero-order valence-electron chi connectivity index (χ0n) is 17.4. The minimum Gasteiger partial charge on any atom is -0.467 e. The Morgan fingerprint density at radius 3 is 2.40 bits per heavy atom. The first-order valence-electron chi connectivity index (χ1n) is 9.58. The molecule has 2 aromatic carbocycles. The van der Waals surface area contributed by atoms with Crippen LogP contribution in [0.25, 0.3) is 0 Å². The van der Waals surface area contributed by atoms with Crippen LogP contribution in [0.3, 0.4) is 0 Å². The molecule has 0 saturated carbocycles. The molecule has 0 spiro atoms. The molecule has 0 fully saturated rings. The average Bonchev–Trinajstić information content (AvgIpc) is 2.67. The molecule has 0 saturated heterocycles. The Labute approximate surface area is 186 Å². The Hall–Kier alpha value is -2.28. The molecule has 1 amide bonds. The molecule has 2 aromatic rings. The largest absolute Gasteiger partial charge is 0.467 e. The molecule has 1 N–H and O–H groups in total. The third kappa shape index (κ3) is 4.72. The lowest BCUT2D eigenvalue weighted by Gasteiger charge is -2.39. The van der Waals surface area contributed by atoms with Gasteiger partial charge >= 0.3 is 5.97 Å². The number of carbonyl (C=O) groups is 2. The smallest absolute Gasteiger partial charge is 0.328 e. The van der Waals surface area contributed by atoms with E-state index in [1.807, 2.05) is 38.4 Å². The number of ether oxygens (including phenoxy) is 1. The summed E-state index contributed by atoms with van der Waals surface area (Å²) >= 11 is 12.7. The van der Waals surface area contributed by atoms with Crippen molar-refractivity contribution in [3.05, 3.63) is 57.6 Å². The van der Waals surface area contributed by atoms with Gasteiger partial charge in [-0.25, -0.2) is 4.79 Å². The molecule has 30 heavy (non-hydrogen) atoms. The van der Waals surface area contributed by atoms with Crippen LogP contribution in [0.15, 0.2) is 36.4 Å². The standard InChI is InChI=1S/C22H25Cl2N3O3/c1-13(28)27(16-7-5-14(6-8-16)12-26(2)3)20-11-19(22(29)30-4)25-18-10-15(23)9-17(24)21(18)20/h5-10,19-20,25H,11-12H2,1-4H3/t19-,20+/m0/s1. The fourth-order valence-corrected chi connectivity index (χ4v) is 4.49. The van der Waals surface area contributed by atoms with Crippen molar-refractivity contribution in [3.63, 3.8) is 0 Å². The third-order valence-electron chi connectivity index (χ3n) is 5.07. The highest BCUT2D eigenvalue weighted by Gasteiger charge is 2.38. The SMILES string of the molecule is COC(=O)[C@@H]1C[C@@H](N(C(C)=O)c2ccc(CN(C)C)cc2)c2c(Cl)cc(Cl)cc2N1. The minimum atomic E-state index is -0.628. The molecule has 1 heterocycles. The minimum absolute atomic E-state index is 0.150. The number of anilines is 2. The molecule has 8 heteroatoms. The summed E-state index contributed by atoms with van der Waals surface area (Å²) in [6, 6.07) is 10.1. The molecule has 0 radical (unpaired) electrons. The fourth-order valence-electron chi connectivity index (χ4n) is 3.87. The number of benzene rings is 2. The van der Waals surface area contributed by atoms with E-state index in [9.17, 15) is 9.59 Å². The number of nitrogens with one attached hydrogen (secondary N) is 1. The predicted octanol–water partition coefficient (Wildman–Crippen LogP) is 4.51. The van der Waals surface area contributed by atoms with Gasteiger partial charge in [0.2, 0.25) is 5.91 Å². The van der Waals surface area contributed by atoms with E-state index in [0.29, 0.717) is 22.2 Å². The lowest BCUT2D eigenvalue weighted by molar-refractivity contribution is -0.142. The van der Waals surface area contributed by atoms with Gasteiger partial charge in [0.15, 0.2) is 0 Å². The van der Waals surface area contributed by atoms with Crippen molar-refractivity contribution in [2.75, 3.05) is 31.4 Å². The average molecular weight is 450 g/mol. The summed E-state index contributed by atoms with van der Waals surface area (Å²) in [4.78, 5) is 28.8.